The summed E-state index contributed by atoms with van der Waals surface area (Å²) in [6.07, 6.45) is 0.779. The van der Waals surface area contributed by atoms with Gasteiger partial charge in [0.05, 0.1) is 5.92 Å². The summed E-state index contributed by atoms with van der Waals surface area (Å²) in [4.78, 5) is 31.3. The molecular formula is C7H8O5. The molecule has 66 valence electrons. The van der Waals surface area contributed by atoms with Gasteiger partial charge in [-0.05, 0) is 12.8 Å². The first kappa shape index (κ1) is 8.70. The van der Waals surface area contributed by atoms with Gasteiger partial charge in [0.1, 0.15) is 0 Å². The molecule has 0 aromatic rings. The number of hydrogen-bond donors (Lipinski definition) is 2. The number of rotatable bonds is 3. The SMILES string of the molecule is O=C(O)C(=O)[C@H]1CC[C@@H]1C(=O)O. The van der Waals surface area contributed by atoms with Crippen LogP contribution in [0.4, 0.5) is 0 Å². The molecule has 0 unspecified atom stereocenters. The van der Waals surface area contributed by atoms with Gasteiger partial charge in [-0.3, -0.25) is 9.59 Å². The van der Waals surface area contributed by atoms with Gasteiger partial charge < -0.3 is 10.2 Å². The molecule has 1 aliphatic rings. The van der Waals surface area contributed by atoms with E-state index in [2.05, 4.69) is 0 Å². The predicted molar refractivity (Wildman–Crippen MR) is 36.5 cm³/mol. The lowest BCUT2D eigenvalue weighted by Gasteiger charge is -2.30. The van der Waals surface area contributed by atoms with E-state index < -0.39 is 29.6 Å². The Hall–Kier alpha value is -1.39. The van der Waals surface area contributed by atoms with Crippen LogP contribution in [0.5, 0.6) is 0 Å². The minimum absolute atomic E-state index is 0.377. The van der Waals surface area contributed by atoms with Gasteiger partial charge in [-0.2, -0.15) is 0 Å². The van der Waals surface area contributed by atoms with E-state index in [0.717, 1.165) is 0 Å². The molecule has 2 N–H and O–H groups in total. The zero-order valence-electron chi connectivity index (χ0n) is 6.19. The maximum Gasteiger partial charge on any atom is 0.372 e. The number of carboxylic acids is 2. The maximum absolute atomic E-state index is 10.8. The van der Waals surface area contributed by atoms with Crippen LogP contribution in [-0.4, -0.2) is 27.9 Å². The molecule has 1 aliphatic carbocycles. The number of carbonyl (C=O) groups excluding carboxylic acids is 1. The lowest BCUT2D eigenvalue weighted by Crippen LogP contribution is -2.41. The van der Waals surface area contributed by atoms with E-state index in [0.29, 0.717) is 12.8 Å². The van der Waals surface area contributed by atoms with E-state index in [4.69, 9.17) is 10.2 Å². The maximum atomic E-state index is 10.8. The van der Waals surface area contributed by atoms with Crippen molar-refractivity contribution in [2.45, 2.75) is 12.8 Å². The third-order valence-electron chi connectivity index (χ3n) is 2.14. The smallest absolute Gasteiger partial charge is 0.372 e. The molecule has 0 radical (unpaired) electrons. The van der Waals surface area contributed by atoms with Gasteiger partial charge in [-0.1, -0.05) is 0 Å². The lowest BCUT2D eigenvalue weighted by molar-refractivity contribution is -0.159. The number of carbonyl (C=O) groups is 3. The highest BCUT2D eigenvalue weighted by molar-refractivity contribution is 6.34. The highest BCUT2D eigenvalue weighted by Gasteiger charge is 2.43. The van der Waals surface area contributed by atoms with Crippen LogP contribution in [0.3, 0.4) is 0 Å². The minimum atomic E-state index is -1.54. The van der Waals surface area contributed by atoms with Crippen LogP contribution in [0.25, 0.3) is 0 Å². The summed E-state index contributed by atoms with van der Waals surface area (Å²) in [6, 6.07) is 0. The monoisotopic (exact) mass is 172 g/mol. The molecule has 5 nitrogen and oxygen atoms in total. The minimum Gasteiger partial charge on any atom is -0.481 e. The van der Waals surface area contributed by atoms with Crippen molar-refractivity contribution in [1.29, 1.82) is 0 Å². The van der Waals surface area contributed by atoms with Crippen molar-refractivity contribution < 1.29 is 24.6 Å². The van der Waals surface area contributed by atoms with Crippen LogP contribution in [0, 0.1) is 11.8 Å². The number of Topliss-reactive ketones (excluding diaryl/α,β-unsaturated/α-hetero) is 1. The van der Waals surface area contributed by atoms with Crippen LogP contribution in [0.2, 0.25) is 0 Å². The third-order valence-corrected chi connectivity index (χ3v) is 2.14. The molecular weight excluding hydrogens is 164 g/mol. The molecule has 1 rings (SSSR count). The predicted octanol–water partition coefficient (Wildman–Crippen LogP) is -0.249. The average molecular weight is 172 g/mol. The molecule has 1 fully saturated rings. The summed E-state index contributed by atoms with van der Waals surface area (Å²) in [5.74, 6) is -5.19. The first-order valence-corrected chi connectivity index (χ1v) is 3.54. The van der Waals surface area contributed by atoms with Crippen molar-refractivity contribution in [1.82, 2.24) is 0 Å². The molecule has 2 atom stereocenters. The average Bonchev–Trinajstić information content (AvgIpc) is 1.82. The van der Waals surface area contributed by atoms with Gasteiger partial charge >= 0.3 is 11.9 Å². The Balaban J connectivity index is 2.60. The van der Waals surface area contributed by atoms with E-state index in [-0.39, 0.29) is 0 Å². The molecule has 0 spiro atoms. The van der Waals surface area contributed by atoms with E-state index in [1.165, 1.54) is 0 Å². The molecule has 5 heteroatoms. The summed E-state index contributed by atoms with van der Waals surface area (Å²) in [5, 5.41) is 16.8. The zero-order valence-corrected chi connectivity index (χ0v) is 6.19. The second-order valence-corrected chi connectivity index (χ2v) is 2.80. The van der Waals surface area contributed by atoms with E-state index in [9.17, 15) is 14.4 Å². The molecule has 12 heavy (non-hydrogen) atoms. The van der Waals surface area contributed by atoms with Gasteiger partial charge in [0, 0.05) is 5.92 Å². The fourth-order valence-corrected chi connectivity index (χ4v) is 1.27. The first-order valence-electron chi connectivity index (χ1n) is 3.54. The third kappa shape index (κ3) is 1.30. The van der Waals surface area contributed by atoms with Crippen LogP contribution in [0.15, 0.2) is 0 Å². The lowest BCUT2D eigenvalue weighted by atomic mass is 9.71. The van der Waals surface area contributed by atoms with E-state index in [1.54, 1.807) is 0 Å². The van der Waals surface area contributed by atoms with E-state index >= 15 is 0 Å². The Kier molecular flexibility index (Phi) is 2.12. The second-order valence-electron chi connectivity index (χ2n) is 2.80. The fourth-order valence-electron chi connectivity index (χ4n) is 1.27. The van der Waals surface area contributed by atoms with Crippen LogP contribution >= 0.6 is 0 Å². The second kappa shape index (κ2) is 2.92. The summed E-state index contributed by atoms with van der Waals surface area (Å²) in [6.45, 7) is 0. The Morgan fingerprint density at radius 3 is 1.75 bits per heavy atom. The van der Waals surface area contributed by atoms with Gasteiger partial charge in [0.2, 0.25) is 5.78 Å². The Morgan fingerprint density at radius 1 is 1.00 bits per heavy atom. The van der Waals surface area contributed by atoms with Gasteiger partial charge in [-0.15, -0.1) is 0 Å². The van der Waals surface area contributed by atoms with Crippen LogP contribution in [0.1, 0.15) is 12.8 Å². The molecule has 0 aromatic carbocycles. The summed E-state index contributed by atoms with van der Waals surface area (Å²) in [7, 11) is 0. The highest BCUT2D eigenvalue weighted by atomic mass is 16.4. The normalized spacial score (nSPS) is 27.3. The van der Waals surface area contributed by atoms with Crippen molar-refractivity contribution >= 4 is 17.7 Å². The molecule has 0 aliphatic heterocycles. The molecule has 1 saturated carbocycles. The highest BCUT2D eigenvalue weighted by Crippen LogP contribution is 2.34. The Labute approximate surface area is 68.0 Å². The Morgan fingerprint density at radius 2 is 1.50 bits per heavy atom. The molecule has 0 bridgehead atoms. The van der Waals surface area contributed by atoms with E-state index in [1.807, 2.05) is 0 Å². The van der Waals surface area contributed by atoms with Crippen molar-refractivity contribution in [2.75, 3.05) is 0 Å². The summed E-state index contributed by atoms with van der Waals surface area (Å²) in [5.41, 5.74) is 0. The standard InChI is InChI=1S/C7H8O5/c8-5(7(11)12)3-1-2-4(3)6(9)10/h3-4H,1-2H2,(H,9,10)(H,11,12)/t3-,4-/m0/s1. The van der Waals surface area contributed by atoms with Gasteiger partial charge in [-0.25, -0.2) is 4.79 Å². The number of hydrogen-bond acceptors (Lipinski definition) is 3. The van der Waals surface area contributed by atoms with Crippen LogP contribution in [-0.2, 0) is 14.4 Å². The van der Waals surface area contributed by atoms with Crippen molar-refractivity contribution in [3.05, 3.63) is 0 Å². The topological polar surface area (TPSA) is 91.7 Å². The molecule has 0 aromatic heterocycles. The fraction of sp³-hybridized carbons (Fsp3) is 0.571. The van der Waals surface area contributed by atoms with Gasteiger partial charge in [0.15, 0.2) is 0 Å². The molecule has 0 saturated heterocycles. The van der Waals surface area contributed by atoms with Gasteiger partial charge in [0.25, 0.3) is 0 Å². The number of carboxylic acid groups (broad SMARTS) is 2. The largest absolute Gasteiger partial charge is 0.481 e. The van der Waals surface area contributed by atoms with Crippen molar-refractivity contribution in [2.24, 2.45) is 11.8 Å². The first-order chi connectivity index (χ1) is 5.54. The van der Waals surface area contributed by atoms with Crippen LogP contribution < -0.4 is 0 Å². The quantitative estimate of drug-likeness (QED) is 0.573. The molecule has 0 heterocycles. The Bertz CT molecular complexity index is 244. The molecule has 0 amide bonds. The van der Waals surface area contributed by atoms with Crippen molar-refractivity contribution in [3.63, 3.8) is 0 Å². The number of aliphatic carboxylic acids is 2. The zero-order chi connectivity index (χ0) is 9.30. The van der Waals surface area contributed by atoms with Crippen molar-refractivity contribution in [3.8, 4) is 0 Å². The summed E-state index contributed by atoms with van der Waals surface area (Å²) >= 11 is 0. The number of ketones is 1. The summed E-state index contributed by atoms with van der Waals surface area (Å²) < 4.78 is 0.